The normalized spacial score (nSPS) is 9.86. The van der Waals surface area contributed by atoms with Crippen LogP contribution >= 0.6 is 0 Å². The highest BCUT2D eigenvalue weighted by atomic mass is 16.1. The van der Waals surface area contributed by atoms with Gasteiger partial charge in [-0.25, -0.2) is 0 Å². The smallest absolute Gasteiger partial charge is 0.234 e. The van der Waals surface area contributed by atoms with Crippen LogP contribution in [0.5, 0.6) is 0 Å². The molecule has 5 N–H and O–H groups in total. The van der Waals surface area contributed by atoms with Gasteiger partial charge in [-0.15, -0.1) is 0 Å². The highest BCUT2D eigenvalue weighted by Gasteiger charge is 1.97. The lowest BCUT2D eigenvalue weighted by Gasteiger charge is -2.04. The second-order valence-electron chi connectivity index (χ2n) is 3.00. The molecule has 0 saturated heterocycles. The predicted octanol–water partition coefficient (Wildman–Crippen LogP) is -0.280. The van der Waals surface area contributed by atoms with E-state index in [2.05, 4.69) is 5.32 Å². The topological polar surface area (TPSA) is 81.1 Å². The maximum Gasteiger partial charge on any atom is 0.234 e. The third kappa shape index (κ3) is 3.16. The van der Waals surface area contributed by atoms with Gasteiger partial charge < -0.3 is 16.8 Å². The lowest BCUT2D eigenvalue weighted by molar-refractivity contribution is -0.119. The molecule has 0 atom stereocenters. The highest BCUT2D eigenvalue weighted by molar-refractivity contribution is 5.77. The van der Waals surface area contributed by atoms with Crippen LogP contribution < -0.4 is 16.8 Å². The van der Waals surface area contributed by atoms with E-state index in [0.717, 1.165) is 11.1 Å². The lowest BCUT2D eigenvalue weighted by atomic mass is 10.1. The molecule has 0 aromatic heterocycles. The molecule has 1 rings (SSSR count). The van der Waals surface area contributed by atoms with Crippen molar-refractivity contribution >= 4 is 5.91 Å². The highest BCUT2D eigenvalue weighted by Crippen LogP contribution is 2.02. The third-order valence-electron chi connectivity index (χ3n) is 1.93. The number of rotatable bonds is 4. The zero-order valence-electron chi connectivity index (χ0n) is 7.99. The first-order chi connectivity index (χ1) is 6.76. The van der Waals surface area contributed by atoms with Crippen molar-refractivity contribution in [2.45, 2.75) is 13.1 Å². The van der Waals surface area contributed by atoms with E-state index in [-0.39, 0.29) is 12.5 Å². The van der Waals surface area contributed by atoms with Crippen LogP contribution in [0.1, 0.15) is 11.1 Å². The Morgan fingerprint density at radius 1 is 1.14 bits per heavy atom. The van der Waals surface area contributed by atoms with Crippen LogP contribution in [-0.4, -0.2) is 12.5 Å². The van der Waals surface area contributed by atoms with Crippen LogP contribution in [0.4, 0.5) is 0 Å². The second kappa shape index (κ2) is 5.36. The molecule has 0 spiro atoms. The average molecular weight is 193 g/mol. The van der Waals surface area contributed by atoms with Gasteiger partial charge in [0.05, 0.1) is 6.54 Å². The largest absolute Gasteiger partial charge is 0.351 e. The number of hydrogen-bond acceptors (Lipinski definition) is 3. The molecule has 1 aromatic rings. The van der Waals surface area contributed by atoms with Crippen molar-refractivity contribution in [2.75, 3.05) is 6.54 Å². The monoisotopic (exact) mass is 193 g/mol. The number of amides is 1. The standard InChI is InChI=1S/C10H15N3O/c11-5-8-1-3-9(4-2-8)7-13-10(14)6-12/h1-4H,5-7,11-12H2,(H,13,14). The minimum atomic E-state index is -0.145. The summed E-state index contributed by atoms with van der Waals surface area (Å²) in [5, 5.41) is 2.69. The van der Waals surface area contributed by atoms with Crippen molar-refractivity contribution in [3.8, 4) is 0 Å². The average Bonchev–Trinajstić information content (AvgIpc) is 2.26. The van der Waals surface area contributed by atoms with Crippen molar-refractivity contribution in [1.29, 1.82) is 0 Å². The Morgan fingerprint density at radius 3 is 2.21 bits per heavy atom. The molecular formula is C10H15N3O. The van der Waals surface area contributed by atoms with Crippen LogP contribution in [0.3, 0.4) is 0 Å². The summed E-state index contributed by atoms with van der Waals surface area (Å²) >= 11 is 0. The van der Waals surface area contributed by atoms with Crippen LogP contribution in [0.15, 0.2) is 24.3 Å². The zero-order chi connectivity index (χ0) is 10.4. The summed E-state index contributed by atoms with van der Waals surface area (Å²) in [6.07, 6.45) is 0. The van der Waals surface area contributed by atoms with Gasteiger partial charge in [0.15, 0.2) is 0 Å². The van der Waals surface area contributed by atoms with Gasteiger partial charge in [0.25, 0.3) is 0 Å². The summed E-state index contributed by atoms with van der Waals surface area (Å²) in [7, 11) is 0. The number of carbonyl (C=O) groups is 1. The van der Waals surface area contributed by atoms with Gasteiger partial charge in [0.1, 0.15) is 0 Å². The molecule has 0 aliphatic heterocycles. The zero-order valence-corrected chi connectivity index (χ0v) is 7.99. The molecular weight excluding hydrogens is 178 g/mol. The third-order valence-corrected chi connectivity index (χ3v) is 1.93. The fourth-order valence-corrected chi connectivity index (χ4v) is 1.07. The predicted molar refractivity (Wildman–Crippen MR) is 55.2 cm³/mol. The maximum atomic E-state index is 10.9. The first-order valence-electron chi connectivity index (χ1n) is 4.51. The second-order valence-corrected chi connectivity index (χ2v) is 3.00. The van der Waals surface area contributed by atoms with E-state index in [1.807, 2.05) is 24.3 Å². The Morgan fingerprint density at radius 2 is 1.71 bits per heavy atom. The molecule has 4 nitrogen and oxygen atoms in total. The molecule has 4 heteroatoms. The lowest BCUT2D eigenvalue weighted by Crippen LogP contribution is -2.29. The molecule has 14 heavy (non-hydrogen) atoms. The molecule has 76 valence electrons. The van der Waals surface area contributed by atoms with Gasteiger partial charge in [-0.1, -0.05) is 24.3 Å². The molecule has 0 unspecified atom stereocenters. The van der Waals surface area contributed by atoms with Gasteiger partial charge in [-0.3, -0.25) is 4.79 Å². The van der Waals surface area contributed by atoms with Gasteiger partial charge >= 0.3 is 0 Å². The molecule has 0 heterocycles. The minimum absolute atomic E-state index is 0.0287. The Labute approximate surface area is 83.3 Å². The van der Waals surface area contributed by atoms with Crippen LogP contribution in [0, 0.1) is 0 Å². The van der Waals surface area contributed by atoms with E-state index in [4.69, 9.17) is 11.5 Å². The van der Waals surface area contributed by atoms with Gasteiger partial charge in [0.2, 0.25) is 5.91 Å². The molecule has 1 aromatic carbocycles. The van der Waals surface area contributed by atoms with Crippen molar-refractivity contribution in [1.82, 2.24) is 5.32 Å². The van der Waals surface area contributed by atoms with E-state index in [9.17, 15) is 4.79 Å². The molecule has 0 saturated carbocycles. The Hall–Kier alpha value is -1.39. The van der Waals surface area contributed by atoms with Crippen molar-refractivity contribution < 1.29 is 4.79 Å². The Balaban J connectivity index is 2.47. The molecule has 0 aliphatic carbocycles. The fraction of sp³-hybridized carbons (Fsp3) is 0.300. The molecule has 0 bridgehead atoms. The Kier molecular flexibility index (Phi) is 4.10. The summed E-state index contributed by atoms with van der Waals surface area (Å²) in [6, 6.07) is 7.78. The van der Waals surface area contributed by atoms with Crippen LogP contribution in [-0.2, 0) is 17.9 Å². The van der Waals surface area contributed by atoms with Crippen molar-refractivity contribution in [3.05, 3.63) is 35.4 Å². The summed E-state index contributed by atoms with van der Waals surface area (Å²) < 4.78 is 0. The van der Waals surface area contributed by atoms with E-state index >= 15 is 0 Å². The van der Waals surface area contributed by atoms with Crippen LogP contribution in [0.25, 0.3) is 0 Å². The van der Waals surface area contributed by atoms with E-state index in [1.165, 1.54) is 0 Å². The van der Waals surface area contributed by atoms with Crippen molar-refractivity contribution in [2.24, 2.45) is 11.5 Å². The number of nitrogens with one attached hydrogen (secondary N) is 1. The van der Waals surface area contributed by atoms with Gasteiger partial charge in [-0.05, 0) is 11.1 Å². The van der Waals surface area contributed by atoms with E-state index < -0.39 is 0 Å². The summed E-state index contributed by atoms with van der Waals surface area (Å²) in [5.74, 6) is -0.145. The first kappa shape index (κ1) is 10.7. The number of carbonyl (C=O) groups excluding carboxylic acids is 1. The fourth-order valence-electron chi connectivity index (χ4n) is 1.07. The first-order valence-corrected chi connectivity index (χ1v) is 4.51. The summed E-state index contributed by atoms with van der Waals surface area (Å²) in [5.41, 5.74) is 12.7. The van der Waals surface area contributed by atoms with E-state index in [1.54, 1.807) is 0 Å². The number of nitrogens with two attached hydrogens (primary N) is 2. The minimum Gasteiger partial charge on any atom is -0.351 e. The maximum absolute atomic E-state index is 10.9. The quantitative estimate of drug-likeness (QED) is 0.615. The molecule has 0 radical (unpaired) electrons. The molecule has 0 fully saturated rings. The van der Waals surface area contributed by atoms with Crippen LogP contribution in [0.2, 0.25) is 0 Å². The summed E-state index contributed by atoms with van der Waals surface area (Å²) in [4.78, 5) is 10.9. The molecule has 1 amide bonds. The molecule has 0 aliphatic rings. The Bertz CT molecular complexity index is 295. The van der Waals surface area contributed by atoms with Gasteiger partial charge in [0, 0.05) is 13.1 Å². The van der Waals surface area contributed by atoms with E-state index in [0.29, 0.717) is 13.1 Å². The number of hydrogen-bond donors (Lipinski definition) is 3. The number of benzene rings is 1. The SMILES string of the molecule is NCC(=O)NCc1ccc(CN)cc1. The van der Waals surface area contributed by atoms with Gasteiger partial charge in [-0.2, -0.15) is 0 Å². The van der Waals surface area contributed by atoms with Crippen molar-refractivity contribution in [3.63, 3.8) is 0 Å². The summed E-state index contributed by atoms with van der Waals surface area (Å²) in [6.45, 7) is 1.08.